The van der Waals surface area contributed by atoms with Crippen LogP contribution in [0.1, 0.15) is 12.8 Å². The largest absolute Gasteiger partial charge is 0.368 e. The van der Waals surface area contributed by atoms with E-state index in [1.165, 1.54) is 12.8 Å². The lowest BCUT2D eigenvalue weighted by Gasteiger charge is -2.12. The zero-order valence-electron chi connectivity index (χ0n) is 7.96. The molecule has 0 aliphatic carbocycles. The molecule has 0 radical (unpaired) electrons. The number of nitrogens with zero attached hydrogens (tertiary/aromatic N) is 1. The lowest BCUT2D eigenvalue weighted by atomic mass is 10.2. The molecular formula is C10H14BrN3. The summed E-state index contributed by atoms with van der Waals surface area (Å²) in [5.74, 6) is 0.932. The first-order valence-electron chi connectivity index (χ1n) is 4.94. The van der Waals surface area contributed by atoms with Crippen molar-refractivity contribution in [3.63, 3.8) is 0 Å². The summed E-state index contributed by atoms with van der Waals surface area (Å²) in [6.07, 6.45) is 4.35. The van der Waals surface area contributed by atoms with E-state index >= 15 is 0 Å². The van der Waals surface area contributed by atoms with Gasteiger partial charge in [0.05, 0.1) is 4.47 Å². The van der Waals surface area contributed by atoms with Crippen molar-refractivity contribution >= 4 is 21.7 Å². The zero-order valence-corrected chi connectivity index (χ0v) is 9.55. The molecule has 76 valence electrons. The van der Waals surface area contributed by atoms with Crippen LogP contribution >= 0.6 is 15.9 Å². The van der Waals surface area contributed by atoms with Gasteiger partial charge in [-0.25, -0.2) is 4.98 Å². The van der Waals surface area contributed by atoms with E-state index in [2.05, 4.69) is 31.5 Å². The first kappa shape index (κ1) is 9.93. The highest BCUT2D eigenvalue weighted by atomic mass is 79.9. The van der Waals surface area contributed by atoms with Crippen LogP contribution in [0, 0.1) is 0 Å². The van der Waals surface area contributed by atoms with Crippen LogP contribution < -0.4 is 10.6 Å². The van der Waals surface area contributed by atoms with Gasteiger partial charge in [-0.2, -0.15) is 0 Å². The highest BCUT2D eigenvalue weighted by molar-refractivity contribution is 9.10. The Bertz CT molecular complexity index is 297. The van der Waals surface area contributed by atoms with Crippen LogP contribution in [0.15, 0.2) is 22.8 Å². The summed E-state index contributed by atoms with van der Waals surface area (Å²) < 4.78 is 1.03. The maximum Gasteiger partial charge on any atom is 0.140 e. The zero-order chi connectivity index (χ0) is 9.80. The monoisotopic (exact) mass is 255 g/mol. The maximum atomic E-state index is 4.25. The van der Waals surface area contributed by atoms with Gasteiger partial charge in [-0.3, -0.25) is 0 Å². The van der Waals surface area contributed by atoms with Crippen LogP contribution in [-0.4, -0.2) is 24.1 Å². The highest BCUT2D eigenvalue weighted by Gasteiger charge is 2.13. The number of pyridine rings is 1. The van der Waals surface area contributed by atoms with Gasteiger partial charge in [-0.1, -0.05) is 0 Å². The normalized spacial score (nSPS) is 21.1. The molecule has 1 unspecified atom stereocenters. The lowest BCUT2D eigenvalue weighted by Crippen LogP contribution is -2.29. The summed E-state index contributed by atoms with van der Waals surface area (Å²) in [4.78, 5) is 4.25. The molecule has 3 nitrogen and oxygen atoms in total. The van der Waals surface area contributed by atoms with Gasteiger partial charge in [0.25, 0.3) is 0 Å². The van der Waals surface area contributed by atoms with Crippen molar-refractivity contribution in [2.75, 3.05) is 18.4 Å². The van der Waals surface area contributed by atoms with Gasteiger partial charge in [0.15, 0.2) is 0 Å². The SMILES string of the molecule is Brc1cccnc1NCC1CCCN1. The Labute approximate surface area is 92.4 Å². The molecule has 1 saturated heterocycles. The Hall–Kier alpha value is -0.610. The molecule has 0 saturated carbocycles. The average Bonchev–Trinajstić information content (AvgIpc) is 2.69. The van der Waals surface area contributed by atoms with Crippen LogP contribution in [0.25, 0.3) is 0 Å². The van der Waals surface area contributed by atoms with Crippen molar-refractivity contribution in [2.24, 2.45) is 0 Å². The van der Waals surface area contributed by atoms with E-state index in [1.54, 1.807) is 6.20 Å². The molecule has 2 N–H and O–H groups in total. The molecule has 0 spiro atoms. The predicted octanol–water partition coefficient (Wildman–Crippen LogP) is 2.01. The van der Waals surface area contributed by atoms with Gasteiger partial charge >= 0.3 is 0 Å². The van der Waals surface area contributed by atoms with Crippen LogP contribution in [0.2, 0.25) is 0 Å². The van der Waals surface area contributed by atoms with Crippen LogP contribution in [0.4, 0.5) is 5.82 Å². The van der Waals surface area contributed by atoms with Gasteiger partial charge in [-0.15, -0.1) is 0 Å². The molecule has 0 aromatic carbocycles. The number of hydrogen-bond donors (Lipinski definition) is 2. The molecule has 1 fully saturated rings. The Morgan fingerprint density at radius 2 is 2.57 bits per heavy atom. The Balaban J connectivity index is 1.88. The van der Waals surface area contributed by atoms with Crippen molar-refractivity contribution < 1.29 is 0 Å². The van der Waals surface area contributed by atoms with E-state index in [4.69, 9.17) is 0 Å². The quantitative estimate of drug-likeness (QED) is 0.868. The molecule has 0 amide bonds. The Morgan fingerprint density at radius 3 is 3.29 bits per heavy atom. The van der Waals surface area contributed by atoms with Crippen LogP contribution in [-0.2, 0) is 0 Å². The van der Waals surface area contributed by atoms with Crippen molar-refractivity contribution in [3.8, 4) is 0 Å². The molecule has 0 bridgehead atoms. The molecule has 1 aliphatic rings. The minimum Gasteiger partial charge on any atom is -0.368 e. The number of rotatable bonds is 3. The van der Waals surface area contributed by atoms with Crippen LogP contribution in [0.5, 0.6) is 0 Å². The molecule has 2 heterocycles. The van der Waals surface area contributed by atoms with Gasteiger partial charge in [0, 0.05) is 18.8 Å². The number of aromatic nitrogens is 1. The van der Waals surface area contributed by atoms with E-state index in [1.807, 2.05) is 12.1 Å². The van der Waals surface area contributed by atoms with Crippen LogP contribution in [0.3, 0.4) is 0 Å². The van der Waals surface area contributed by atoms with Gasteiger partial charge < -0.3 is 10.6 Å². The van der Waals surface area contributed by atoms with Gasteiger partial charge in [0.1, 0.15) is 5.82 Å². The average molecular weight is 256 g/mol. The summed E-state index contributed by atoms with van der Waals surface area (Å²) in [6.45, 7) is 2.10. The van der Waals surface area contributed by atoms with Crippen molar-refractivity contribution in [3.05, 3.63) is 22.8 Å². The van der Waals surface area contributed by atoms with Crippen molar-refractivity contribution in [1.82, 2.24) is 10.3 Å². The van der Waals surface area contributed by atoms with Gasteiger partial charge in [-0.05, 0) is 47.4 Å². The van der Waals surface area contributed by atoms with Crippen molar-refractivity contribution in [1.29, 1.82) is 0 Å². The summed E-state index contributed by atoms with van der Waals surface area (Å²) in [6, 6.07) is 4.52. The number of hydrogen-bond acceptors (Lipinski definition) is 3. The first-order chi connectivity index (χ1) is 6.86. The van der Waals surface area contributed by atoms with E-state index < -0.39 is 0 Å². The smallest absolute Gasteiger partial charge is 0.140 e. The summed E-state index contributed by atoms with van der Waals surface area (Å²) in [5.41, 5.74) is 0. The molecule has 2 rings (SSSR count). The predicted molar refractivity (Wildman–Crippen MR) is 61.5 cm³/mol. The van der Waals surface area contributed by atoms with E-state index in [0.717, 1.165) is 23.4 Å². The van der Waals surface area contributed by atoms with E-state index in [9.17, 15) is 0 Å². The minimum absolute atomic E-state index is 0.601. The molecule has 4 heteroatoms. The fraction of sp³-hybridized carbons (Fsp3) is 0.500. The third kappa shape index (κ3) is 2.45. The third-order valence-corrected chi connectivity index (χ3v) is 3.08. The summed E-state index contributed by atoms with van der Waals surface area (Å²) in [5, 5.41) is 6.78. The van der Waals surface area contributed by atoms with Gasteiger partial charge in [0.2, 0.25) is 0 Å². The molecule has 1 aromatic heterocycles. The Morgan fingerprint density at radius 1 is 1.64 bits per heavy atom. The summed E-state index contributed by atoms with van der Waals surface area (Å²) >= 11 is 3.46. The lowest BCUT2D eigenvalue weighted by molar-refractivity contribution is 0.632. The third-order valence-electron chi connectivity index (χ3n) is 2.44. The van der Waals surface area contributed by atoms with E-state index in [-0.39, 0.29) is 0 Å². The second kappa shape index (κ2) is 4.75. The molecular weight excluding hydrogens is 242 g/mol. The minimum atomic E-state index is 0.601. The molecule has 1 aliphatic heterocycles. The molecule has 1 aromatic rings. The second-order valence-corrected chi connectivity index (χ2v) is 4.36. The summed E-state index contributed by atoms with van der Waals surface area (Å²) in [7, 11) is 0. The highest BCUT2D eigenvalue weighted by Crippen LogP contribution is 2.18. The molecule has 14 heavy (non-hydrogen) atoms. The topological polar surface area (TPSA) is 37.0 Å². The standard InChI is InChI=1S/C10H14BrN3/c11-9-4-2-6-13-10(9)14-7-8-3-1-5-12-8/h2,4,6,8,12H,1,3,5,7H2,(H,13,14). The number of halogens is 1. The number of nitrogens with one attached hydrogen (secondary N) is 2. The fourth-order valence-corrected chi connectivity index (χ4v) is 2.06. The second-order valence-electron chi connectivity index (χ2n) is 3.51. The Kier molecular flexibility index (Phi) is 3.37. The van der Waals surface area contributed by atoms with E-state index in [0.29, 0.717) is 6.04 Å². The van der Waals surface area contributed by atoms with Crippen molar-refractivity contribution in [2.45, 2.75) is 18.9 Å². The molecule has 1 atom stereocenters. The number of anilines is 1. The first-order valence-corrected chi connectivity index (χ1v) is 5.73. The maximum absolute atomic E-state index is 4.25. The fourth-order valence-electron chi connectivity index (χ4n) is 1.67.